The number of benzene rings is 7. The molecule has 7 aromatic carbocycles. The van der Waals surface area contributed by atoms with Crippen molar-refractivity contribution in [2.45, 2.75) is 0 Å². The van der Waals surface area contributed by atoms with Crippen molar-refractivity contribution >= 4 is 43.6 Å². The maximum absolute atomic E-state index is 5.25. The van der Waals surface area contributed by atoms with Crippen LogP contribution in [0.5, 0.6) is 0 Å². The summed E-state index contributed by atoms with van der Waals surface area (Å²) >= 11 is 0. The van der Waals surface area contributed by atoms with Gasteiger partial charge in [-0.3, -0.25) is 4.57 Å². The van der Waals surface area contributed by atoms with Gasteiger partial charge < -0.3 is 4.57 Å². The quantitative estimate of drug-likeness (QED) is 0.188. The van der Waals surface area contributed by atoms with Crippen molar-refractivity contribution in [3.8, 4) is 45.3 Å². The molecule has 0 amide bonds. The van der Waals surface area contributed by atoms with Crippen LogP contribution in [-0.2, 0) is 0 Å². The molecule has 0 bridgehead atoms. The Morgan fingerprint density at radius 3 is 1.72 bits per heavy atom. The number of para-hydroxylation sites is 3. The summed E-state index contributed by atoms with van der Waals surface area (Å²) in [6.07, 6.45) is 0. The van der Waals surface area contributed by atoms with Gasteiger partial charge in [-0.15, -0.1) is 0 Å². The SMILES string of the molecule is c1ccc(-c2cc(-n3c4ccccc4c4ccc(-c5cccc6c5c5ccccc5n6-c5ccccc5)cc43)nc(-c3ccccc3)n2)cc1. The third-order valence-electron chi connectivity index (χ3n) is 9.74. The van der Waals surface area contributed by atoms with Gasteiger partial charge in [0.25, 0.3) is 0 Å². The van der Waals surface area contributed by atoms with Gasteiger partial charge in [-0.2, -0.15) is 0 Å². The Morgan fingerprint density at radius 1 is 0.360 bits per heavy atom. The van der Waals surface area contributed by atoms with Gasteiger partial charge in [0, 0.05) is 44.4 Å². The number of fused-ring (bicyclic) bond motifs is 6. The summed E-state index contributed by atoms with van der Waals surface area (Å²) in [4.78, 5) is 10.3. The standard InChI is InChI=1S/C46H30N4/c1-4-15-31(16-5-1)39-30-44(48-46(47-39)32-17-6-2-7-18-32)50-40-24-12-10-21-36(40)37-28-27-33(29-43(37)50)35-23-14-26-42-45(35)38-22-11-13-25-41(38)49(42)34-19-8-3-9-20-34/h1-30H. The van der Waals surface area contributed by atoms with Crippen LogP contribution in [0.15, 0.2) is 182 Å². The van der Waals surface area contributed by atoms with Crippen LogP contribution in [0.2, 0.25) is 0 Å². The Labute approximate surface area is 289 Å². The largest absolute Gasteiger partial charge is 0.309 e. The van der Waals surface area contributed by atoms with Gasteiger partial charge in [-0.1, -0.05) is 140 Å². The van der Waals surface area contributed by atoms with Crippen molar-refractivity contribution in [1.29, 1.82) is 0 Å². The van der Waals surface area contributed by atoms with Crippen molar-refractivity contribution < 1.29 is 0 Å². The van der Waals surface area contributed by atoms with E-state index >= 15 is 0 Å². The Balaban J connectivity index is 1.25. The van der Waals surface area contributed by atoms with Crippen molar-refractivity contribution in [3.05, 3.63) is 182 Å². The van der Waals surface area contributed by atoms with E-state index in [0.29, 0.717) is 5.82 Å². The molecule has 0 radical (unpaired) electrons. The molecule has 0 unspecified atom stereocenters. The minimum atomic E-state index is 0.697. The van der Waals surface area contributed by atoms with Gasteiger partial charge in [-0.05, 0) is 47.5 Å². The number of nitrogens with zero attached hydrogens (tertiary/aromatic N) is 4. The monoisotopic (exact) mass is 638 g/mol. The van der Waals surface area contributed by atoms with Gasteiger partial charge in [0.05, 0.1) is 27.8 Å². The second-order valence-electron chi connectivity index (χ2n) is 12.6. The summed E-state index contributed by atoms with van der Waals surface area (Å²) in [7, 11) is 0. The van der Waals surface area contributed by atoms with E-state index in [0.717, 1.165) is 44.9 Å². The molecule has 10 aromatic rings. The van der Waals surface area contributed by atoms with E-state index in [-0.39, 0.29) is 0 Å². The zero-order chi connectivity index (χ0) is 33.0. The molecule has 3 heterocycles. The summed E-state index contributed by atoms with van der Waals surface area (Å²) in [5.74, 6) is 1.53. The van der Waals surface area contributed by atoms with Crippen molar-refractivity contribution in [1.82, 2.24) is 19.1 Å². The molecule has 0 N–H and O–H groups in total. The predicted octanol–water partition coefficient (Wildman–Crippen LogP) is 11.7. The third kappa shape index (κ3) is 4.46. The summed E-state index contributed by atoms with van der Waals surface area (Å²) in [5.41, 5.74) is 11.0. The van der Waals surface area contributed by atoms with Crippen molar-refractivity contribution in [2.24, 2.45) is 0 Å². The van der Waals surface area contributed by atoms with Crippen LogP contribution in [0.3, 0.4) is 0 Å². The molecule has 0 fully saturated rings. The highest BCUT2D eigenvalue weighted by Gasteiger charge is 2.19. The molecule has 0 saturated heterocycles. The molecule has 0 aliphatic rings. The van der Waals surface area contributed by atoms with Gasteiger partial charge in [0.2, 0.25) is 0 Å². The fourth-order valence-electron chi connectivity index (χ4n) is 7.52. The fourth-order valence-corrected chi connectivity index (χ4v) is 7.52. The zero-order valence-electron chi connectivity index (χ0n) is 27.1. The van der Waals surface area contributed by atoms with Crippen LogP contribution in [0, 0.1) is 0 Å². The first kappa shape index (κ1) is 28.3. The Kier molecular flexibility index (Phi) is 6.46. The molecular weight excluding hydrogens is 609 g/mol. The molecule has 50 heavy (non-hydrogen) atoms. The summed E-state index contributed by atoms with van der Waals surface area (Å²) in [6.45, 7) is 0. The lowest BCUT2D eigenvalue weighted by molar-refractivity contribution is 1.05. The minimum Gasteiger partial charge on any atom is -0.309 e. The number of aromatic nitrogens is 4. The van der Waals surface area contributed by atoms with Crippen molar-refractivity contribution in [2.75, 3.05) is 0 Å². The Hall–Kier alpha value is -6.78. The highest BCUT2D eigenvalue weighted by molar-refractivity contribution is 6.17. The highest BCUT2D eigenvalue weighted by atomic mass is 15.1. The van der Waals surface area contributed by atoms with Crippen LogP contribution < -0.4 is 0 Å². The molecule has 3 aromatic heterocycles. The molecule has 0 saturated carbocycles. The first-order chi connectivity index (χ1) is 24.8. The van der Waals surface area contributed by atoms with E-state index in [4.69, 9.17) is 9.97 Å². The van der Waals surface area contributed by atoms with E-state index in [1.807, 2.05) is 24.3 Å². The van der Waals surface area contributed by atoms with E-state index in [2.05, 4.69) is 167 Å². The van der Waals surface area contributed by atoms with Crippen LogP contribution in [0.1, 0.15) is 0 Å². The van der Waals surface area contributed by atoms with Crippen LogP contribution >= 0.6 is 0 Å². The first-order valence-corrected chi connectivity index (χ1v) is 16.9. The first-order valence-electron chi connectivity index (χ1n) is 16.9. The average Bonchev–Trinajstić information content (AvgIpc) is 3.71. The second-order valence-corrected chi connectivity index (χ2v) is 12.6. The second kappa shape index (κ2) is 11.4. The number of rotatable bonds is 5. The molecule has 0 aliphatic carbocycles. The molecule has 0 aliphatic heterocycles. The van der Waals surface area contributed by atoms with Crippen LogP contribution in [0.25, 0.3) is 88.9 Å². The molecule has 0 spiro atoms. The van der Waals surface area contributed by atoms with E-state index in [9.17, 15) is 0 Å². The average molecular weight is 639 g/mol. The molecular formula is C46H30N4. The third-order valence-corrected chi connectivity index (χ3v) is 9.74. The Bertz CT molecular complexity index is 2790. The van der Waals surface area contributed by atoms with Gasteiger partial charge in [0.1, 0.15) is 5.82 Å². The normalized spacial score (nSPS) is 11.6. The van der Waals surface area contributed by atoms with Crippen LogP contribution in [-0.4, -0.2) is 19.1 Å². The molecule has 10 rings (SSSR count). The maximum atomic E-state index is 5.25. The van der Waals surface area contributed by atoms with E-state index in [1.54, 1.807) is 0 Å². The summed E-state index contributed by atoms with van der Waals surface area (Å²) < 4.78 is 4.68. The number of hydrogen-bond acceptors (Lipinski definition) is 2. The molecule has 4 heteroatoms. The zero-order valence-corrected chi connectivity index (χ0v) is 27.1. The van der Waals surface area contributed by atoms with Crippen LogP contribution in [0.4, 0.5) is 0 Å². The van der Waals surface area contributed by atoms with Gasteiger partial charge >= 0.3 is 0 Å². The van der Waals surface area contributed by atoms with Gasteiger partial charge in [-0.25, -0.2) is 9.97 Å². The highest BCUT2D eigenvalue weighted by Crippen LogP contribution is 2.41. The van der Waals surface area contributed by atoms with Crippen molar-refractivity contribution in [3.63, 3.8) is 0 Å². The molecule has 4 nitrogen and oxygen atoms in total. The van der Waals surface area contributed by atoms with E-state index < -0.39 is 0 Å². The van der Waals surface area contributed by atoms with E-state index in [1.165, 1.54) is 38.1 Å². The number of hydrogen-bond donors (Lipinski definition) is 0. The predicted molar refractivity (Wildman–Crippen MR) is 207 cm³/mol. The maximum Gasteiger partial charge on any atom is 0.162 e. The lowest BCUT2D eigenvalue weighted by atomic mass is 9.98. The summed E-state index contributed by atoms with van der Waals surface area (Å²) in [6, 6.07) is 64.3. The molecule has 0 atom stereocenters. The van der Waals surface area contributed by atoms with Gasteiger partial charge in [0.15, 0.2) is 5.82 Å². The topological polar surface area (TPSA) is 35.6 Å². The molecule has 234 valence electrons. The fraction of sp³-hybridized carbons (Fsp3) is 0. The minimum absolute atomic E-state index is 0.697. The lowest BCUT2D eigenvalue weighted by Gasteiger charge is -2.13. The smallest absolute Gasteiger partial charge is 0.162 e. The Morgan fingerprint density at radius 2 is 0.960 bits per heavy atom. The lowest BCUT2D eigenvalue weighted by Crippen LogP contribution is -2.02. The summed E-state index contributed by atoms with van der Waals surface area (Å²) in [5, 5.41) is 4.85.